The summed E-state index contributed by atoms with van der Waals surface area (Å²) in [6.45, 7) is 2.31. The van der Waals surface area contributed by atoms with Gasteiger partial charge in [-0.3, -0.25) is 4.90 Å². The Morgan fingerprint density at radius 3 is 2.71 bits per heavy atom. The number of piperidine rings is 1. The number of aromatic nitrogens is 4. The second-order valence-corrected chi connectivity index (χ2v) is 9.66. The molecule has 0 amide bonds. The number of nitrogens with one attached hydrogen (secondary N) is 1. The number of nitriles is 1. The van der Waals surface area contributed by atoms with Crippen molar-refractivity contribution >= 4 is 34.1 Å². The lowest BCUT2D eigenvalue weighted by atomic mass is 9.84. The Bertz CT molecular complexity index is 1340. The second kappa shape index (κ2) is 8.33. The molecule has 35 heavy (non-hydrogen) atoms. The maximum absolute atomic E-state index is 15.2. The number of nitrogens with zero attached hydrogens (tertiary/aromatic N) is 6. The third-order valence-electron chi connectivity index (χ3n) is 7.05. The summed E-state index contributed by atoms with van der Waals surface area (Å²) in [4.78, 5) is 10.9. The molecule has 0 radical (unpaired) electrons. The van der Waals surface area contributed by atoms with Crippen LogP contribution in [-0.2, 0) is 4.74 Å². The molecule has 2 saturated heterocycles. The maximum Gasteiger partial charge on any atom is 0.272 e. The summed E-state index contributed by atoms with van der Waals surface area (Å²) in [7, 11) is 0. The zero-order chi connectivity index (χ0) is 24.3. The first-order chi connectivity index (χ1) is 16.8. The molecule has 1 aliphatic carbocycles. The van der Waals surface area contributed by atoms with Crippen molar-refractivity contribution in [1.29, 1.82) is 5.26 Å². The first-order valence-electron chi connectivity index (χ1n) is 11.4. The average molecular weight is 504 g/mol. The molecule has 12 heteroatoms. The summed E-state index contributed by atoms with van der Waals surface area (Å²) >= 11 is 6.25. The minimum Gasteiger partial charge on any atom is -0.378 e. The van der Waals surface area contributed by atoms with Gasteiger partial charge in [0.15, 0.2) is 5.15 Å². The van der Waals surface area contributed by atoms with E-state index in [1.165, 1.54) is 6.20 Å². The van der Waals surface area contributed by atoms with E-state index in [1.54, 1.807) is 18.3 Å². The van der Waals surface area contributed by atoms with Crippen molar-refractivity contribution in [2.75, 3.05) is 31.6 Å². The Labute approximate surface area is 203 Å². The smallest absolute Gasteiger partial charge is 0.272 e. The molecule has 182 valence electrons. The largest absolute Gasteiger partial charge is 0.378 e. The normalized spacial score (nSPS) is 26.3. The number of alkyl halides is 3. The molecule has 2 aliphatic heterocycles. The van der Waals surface area contributed by atoms with E-state index in [-0.39, 0.29) is 23.6 Å². The van der Waals surface area contributed by atoms with Gasteiger partial charge in [-0.1, -0.05) is 11.6 Å². The van der Waals surface area contributed by atoms with E-state index in [2.05, 4.69) is 31.4 Å². The highest BCUT2D eigenvalue weighted by Crippen LogP contribution is 2.53. The minimum atomic E-state index is -2.81. The minimum absolute atomic E-state index is 0.0419. The van der Waals surface area contributed by atoms with Crippen LogP contribution in [0.1, 0.15) is 35.9 Å². The second-order valence-electron chi connectivity index (χ2n) is 9.30. The average Bonchev–Trinajstić information content (AvgIpc) is 3.28. The van der Waals surface area contributed by atoms with Crippen LogP contribution >= 0.6 is 11.6 Å². The number of halogens is 4. The Morgan fingerprint density at radius 2 is 2.06 bits per heavy atom. The molecule has 6 rings (SSSR count). The third-order valence-corrected chi connectivity index (χ3v) is 7.43. The molecule has 0 unspecified atom stereocenters. The lowest BCUT2D eigenvalue weighted by molar-refractivity contribution is -0.0807. The molecular formula is C23H21ClF3N7O. The van der Waals surface area contributed by atoms with E-state index in [4.69, 9.17) is 16.3 Å². The number of hydrogen-bond donors (Lipinski definition) is 1. The number of likely N-dealkylation sites (tertiary alicyclic amines) is 1. The van der Waals surface area contributed by atoms with Crippen LogP contribution in [0.2, 0.25) is 5.15 Å². The lowest BCUT2D eigenvalue weighted by Crippen LogP contribution is -2.54. The van der Waals surface area contributed by atoms with E-state index in [0.29, 0.717) is 53.9 Å². The van der Waals surface area contributed by atoms with Gasteiger partial charge in [-0.2, -0.15) is 10.4 Å². The summed E-state index contributed by atoms with van der Waals surface area (Å²) in [6.07, 6.45) is 2.08. The van der Waals surface area contributed by atoms with Crippen LogP contribution < -0.4 is 5.32 Å². The Morgan fingerprint density at radius 1 is 1.26 bits per heavy atom. The molecule has 3 aromatic rings. The van der Waals surface area contributed by atoms with Crippen molar-refractivity contribution < 1.29 is 17.9 Å². The first kappa shape index (κ1) is 22.5. The van der Waals surface area contributed by atoms with Crippen LogP contribution in [0.15, 0.2) is 24.5 Å². The van der Waals surface area contributed by atoms with Crippen molar-refractivity contribution in [3.63, 3.8) is 0 Å². The van der Waals surface area contributed by atoms with E-state index >= 15 is 4.39 Å². The number of fused-ring (bicyclic) bond motifs is 1. The van der Waals surface area contributed by atoms with E-state index in [0.717, 1.165) is 11.2 Å². The zero-order valence-corrected chi connectivity index (χ0v) is 19.2. The predicted molar refractivity (Wildman–Crippen MR) is 122 cm³/mol. The van der Waals surface area contributed by atoms with Gasteiger partial charge in [0.1, 0.15) is 12.2 Å². The molecule has 1 N–H and O–H groups in total. The highest BCUT2D eigenvalue weighted by atomic mass is 35.5. The number of hydrogen-bond acceptors (Lipinski definition) is 7. The standard InChI is InChI=1S/C23H21ClF3N7O/c24-21-19(8-30-34(21)20-5-23(20,26)27)32-22-29-7-13-3-12(6-28)16(4-18(13)31-22)15-1-2-33(9-17(15)25)14-10-35-11-14/h3-4,7-8,14-15,17,20H,1-2,5,9-11H2,(H,29,31,32)/t15-,17+,20+/m1/s1. The maximum atomic E-state index is 15.2. The van der Waals surface area contributed by atoms with E-state index in [9.17, 15) is 14.0 Å². The predicted octanol–water partition coefficient (Wildman–Crippen LogP) is 4.20. The number of rotatable bonds is 5. The van der Waals surface area contributed by atoms with Crippen molar-refractivity contribution in [3.05, 3.63) is 40.8 Å². The van der Waals surface area contributed by atoms with Crippen molar-refractivity contribution in [2.45, 2.75) is 42.9 Å². The summed E-state index contributed by atoms with van der Waals surface area (Å²) in [5.74, 6) is -3.03. The summed E-state index contributed by atoms with van der Waals surface area (Å²) < 4.78 is 48.4. The fourth-order valence-corrected chi connectivity index (χ4v) is 5.09. The van der Waals surface area contributed by atoms with Crippen LogP contribution in [0.4, 0.5) is 24.8 Å². The van der Waals surface area contributed by atoms with Crippen LogP contribution in [0.3, 0.4) is 0 Å². The molecule has 2 aromatic heterocycles. The molecule has 3 atom stereocenters. The molecule has 0 spiro atoms. The highest BCUT2D eigenvalue weighted by molar-refractivity contribution is 6.32. The molecule has 1 aromatic carbocycles. The topological polar surface area (TPSA) is 91.9 Å². The molecule has 0 bridgehead atoms. The fourth-order valence-electron chi connectivity index (χ4n) is 4.84. The van der Waals surface area contributed by atoms with Gasteiger partial charge in [0.05, 0.1) is 48.3 Å². The van der Waals surface area contributed by atoms with Gasteiger partial charge in [0.2, 0.25) is 5.95 Å². The Kier molecular flexibility index (Phi) is 5.36. The highest BCUT2D eigenvalue weighted by Gasteiger charge is 2.59. The van der Waals surface area contributed by atoms with Gasteiger partial charge < -0.3 is 10.1 Å². The van der Waals surface area contributed by atoms with Crippen molar-refractivity contribution in [1.82, 2.24) is 24.6 Å². The van der Waals surface area contributed by atoms with Gasteiger partial charge in [0.25, 0.3) is 5.92 Å². The Balaban J connectivity index is 1.26. The van der Waals surface area contributed by atoms with Crippen LogP contribution in [-0.4, -0.2) is 69.1 Å². The molecule has 1 saturated carbocycles. The first-order valence-corrected chi connectivity index (χ1v) is 11.8. The van der Waals surface area contributed by atoms with E-state index in [1.807, 2.05) is 0 Å². The van der Waals surface area contributed by atoms with Gasteiger partial charge >= 0.3 is 0 Å². The molecule has 8 nitrogen and oxygen atoms in total. The molecule has 3 aliphatic rings. The summed E-state index contributed by atoms with van der Waals surface area (Å²) in [6, 6.07) is 4.83. The van der Waals surface area contributed by atoms with Gasteiger partial charge in [-0.25, -0.2) is 27.8 Å². The molecular weight excluding hydrogens is 483 g/mol. The van der Waals surface area contributed by atoms with Crippen LogP contribution in [0.25, 0.3) is 10.9 Å². The SMILES string of the molecule is N#Cc1cc2cnc(Nc3cnn([C@H]4CC4(F)F)c3Cl)nc2cc1[C@H]1CCN(C2COC2)C[C@@H]1F. The van der Waals surface area contributed by atoms with Crippen molar-refractivity contribution in [3.8, 4) is 6.07 Å². The Hall–Kier alpha value is -2.94. The van der Waals surface area contributed by atoms with E-state index < -0.39 is 24.1 Å². The van der Waals surface area contributed by atoms with Crippen molar-refractivity contribution in [2.24, 2.45) is 0 Å². The summed E-state index contributed by atoms with van der Waals surface area (Å²) in [5.41, 5.74) is 1.88. The number of anilines is 2. The van der Waals surface area contributed by atoms with Crippen LogP contribution in [0, 0.1) is 11.3 Å². The quantitative estimate of drug-likeness (QED) is 0.558. The zero-order valence-electron chi connectivity index (χ0n) is 18.5. The third kappa shape index (κ3) is 3.99. The monoisotopic (exact) mass is 503 g/mol. The lowest BCUT2D eigenvalue weighted by Gasteiger charge is -2.43. The molecule has 3 fully saturated rings. The summed E-state index contributed by atoms with van der Waals surface area (Å²) in [5, 5.41) is 17.3. The fraction of sp³-hybridized carbons (Fsp3) is 0.478. The van der Waals surface area contributed by atoms with Crippen LogP contribution in [0.5, 0.6) is 0 Å². The van der Waals surface area contributed by atoms with Gasteiger partial charge in [0, 0.05) is 30.5 Å². The molecule has 4 heterocycles. The number of benzene rings is 1. The van der Waals surface area contributed by atoms with Gasteiger partial charge in [-0.05, 0) is 30.7 Å². The number of ether oxygens (including phenoxy) is 1. The van der Waals surface area contributed by atoms with Gasteiger partial charge in [-0.15, -0.1) is 0 Å².